The Bertz CT molecular complexity index is 1320. The van der Waals surface area contributed by atoms with Crippen LogP contribution in [-0.2, 0) is 11.3 Å². The van der Waals surface area contributed by atoms with Gasteiger partial charge in [0.2, 0.25) is 5.91 Å². The van der Waals surface area contributed by atoms with E-state index in [1.54, 1.807) is 12.1 Å². The van der Waals surface area contributed by atoms with E-state index in [9.17, 15) is 9.59 Å². The first-order chi connectivity index (χ1) is 16.4. The summed E-state index contributed by atoms with van der Waals surface area (Å²) < 4.78 is 1.92. The van der Waals surface area contributed by atoms with E-state index in [0.29, 0.717) is 23.1 Å². The maximum atomic E-state index is 12.6. The largest absolute Gasteiger partial charge is 0.342 e. The number of anilines is 1. The molecule has 3 aromatic carbocycles. The second-order valence-electron chi connectivity index (χ2n) is 8.04. The first kappa shape index (κ1) is 23.5. The molecule has 1 heterocycles. The highest BCUT2D eigenvalue weighted by Crippen LogP contribution is 2.22. The number of carbonyl (C=O) groups is 2. The van der Waals surface area contributed by atoms with E-state index in [4.69, 9.17) is 0 Å². The Hall–Kier alpha value is -3.65. The Balaban J connectivity index is 1.37. The molecule has 0 aliphatic rings. The molecule has 0 aliphatic heterocycles. The van der Waals surface area contributed by atoms with Crippen LogP contribution >= 0.6 is 11.8 Å². The minimum Gasteiger partial charge on any atom is -0.342 e. The summed E-state index contributed by atoms with van der Waals surface area (Å²) in [5, 5.41) is 17.3. The van der Waals surface area contributed by atoms with Crippen molar-refractivity contribution in [3.63, 3.8) is 0 Å². The lowest BCUT2D eigenvalue weighted by Crippen LogP contribution is -2.28. The van der Waals surface area contributed by atoms with Gasteiger partial charge in [0.1, 0.15) is 0 Å². The van der Waals surface area contributed by atoms with Crippen LogP contribution in [0.1, 0.15) is 41.6 Å². The third-order valence-electron chi connectivity index (χ3n) is 5.48. The summed E-state index contributed by atoms with van der Waals surface area (Å²) in [7, 11) is 0. The predicted molar refractivity (Wildman–Crippen MR) is 136 cm³/mol. The number of amides is 2. The standard InChI is InChI=1S/C26H27N5O2S/c1-4-31-24(18(3)27-25(33)20-11-9-17(2)10-12-20)29-30-26(31)34-16-23(32)28-22-14-13-19-7-5-6-8-21(19)15-22/h5-15,18H,4,16H2,1-3H3,(H,27,33)(H,28,32). The molecule has 174 valence electrons. The van der Waals surface area contributed by atoms with E-state index in [0.717, 1.165) is 22.0 Å². The molecule has 2 amide bonds. The molecule has 0 spiro atoms. The first-order valence-electron chi connectivity index (χ1n) is 11.2. The van der Waals surface area contributed by atoms with Crippen molar-refractivity contribution in [3.05, 3.63) is 83.7 Å². The highest BCUT2D eigenvalue weighted by atomic mass is 32.2. The zero-order chi connectivity index (χ0) is 24.1. The molecule has 7 nitrogen and oxygen atoms in total. The Morgan fingerprint density at radius 2 is 1.74 bits per heavy atom. The number of fused-ring (bicyclic) bond motifs is 1. The monoisotopic (exact) mass is 473 g/mol. The summed E-state index contributed by atoms with van der Waals surface area (Å²) in [4.78, 5) is 25.1. The molecular weight excluding hydrogens is 446 g/mol. The van der Waals surface area contributed by atoms with Crippen LogP contribution in [0.5, 0.6) is 0 Å². The van der Waals surface area contributed by atoms with Gasteiger partial charge < -0.3 is 15.2 Å². The summed E-state index contributed by atoms with van der Waals surface area (Å²) in [6, 6.07) is 21.0. The van der Waals surface area contributed by atoms with Crippen molar-refractivity contribution >= 4 is 40.0 Å². The smallest absolute Gasteiger partial charge is 0.251 e. The molecule has 8 heteroatoms. The fraction of sp³-hybridized carbons (Fsp3) is 0.231. The van der Waals surface area contributed by atoms with Gasteiger partial charge in [-0.3, -0.25) is 9.59 Å². The number of aryl methyl sites for hydroxylation is 1. The maximum Gasteiger partial charge on any atom is 0.251 e. The molecular formula is C26H27N5O2S. The molecule has 1 unspecified atom stereocenters. The summed E-state index contributed by atoms with van der Waals surface area (Å²) in [6.45, 7) is 6.47. The highest BCUT2D eigenvalue weighted by molar-refractivity contribution is 7.99. The number of hydrogen-bond acceptors (Lipinski definition) is 5. The van der Waals surface area contributed by atoms with Gasteiger partial charge in [-0.2, -0.15) is 0 Å². The molecule has 2 N–H and O–H groups in total. The van der Waals surface area contributed by atoms with Gasteiger partial charge in [0.05, 0.1) is 11.8 Å². The minimum atomic E-state index is -0.331. The molecule has 34 heavy (non-hydrogen) atoms. The van der Waals surface area contributed by atoms with Crippen LogP contribution in [0.3, 0.4) is 0 Å². The minimum absolute atomic E-state index is 0.117. The van der Waals surface area contributed by atoms with E-state index in [2.05, 4.69) is 20.8 Å². The summed E-state index contributed by atoms with van der Waals surface area (Å²) in [5.74, 6) is 0.574. The van der Waals surface area contributed by atoms with Gasteiger partial charge in [-0.15, -0.1) is 10.2 Å². The van der Waals surface area contributed by atoms with Gasteiger partial charge in [-0.05, 0) is 55.8 Å². The number of nitrogens with zero attached hydrogens (tertiary/aromatic N) is 3. The highest BCUT2D eigenvalue weighted by Gasteiger charge is 2.20. The normalized spacial score (nSPS) is 11.9. The molecule has 0 aliphatic carbocycles. The van der Waals surface area contributed by atoms with Gasteiger partial charge in [-0.1, -0.05) is 59.8 Å². The van der Waals surface area contributed by atoms with Crippen molar-refractivity contribution < 1.29 is 9.59 Å². The lowest BCUT2D eigenvalue weighted by molar-refractivity contribution is -0.113. The fourth-order valence-corrected chi connectivity index (χ4v) is 4.48. The van der Waals surface area contributed by atoms with Gasteiger partial charge >= 0.3 is 0 Å². The topological polar surface area (TPSA) is 88.9 Å². The molecule has 0 radical (unpaired) electrons. The second-order valence-corrected chi connectivity index (χ2v) is 8.99. The van der Waals surface area contributed by atoms with Crippen LogP contribution < -0.4 is 10.6 Å². The molecule has 1 atom stereocenters. The summed E-state index contributed by atoms with van der Waals surface area (Å²) >= 11 is 1.32. The Kier molecular flexibility index (Phi) is 7.27. The molecule has 4 aromatic rings. The van der Waals surface area contributed by atoms with E-state index in [1.807, 2.05) is 79.9 Å². The molecule has 0 fully saturated rings. The van der Waals surface area contributed by atoms with E-state index >= 15 is 0 Å². The quantitative estimate of drug-likeness (QED) is 0.352. The lowest BCUT2D eigenvalue weighted by Gasteiger charge is -2.15. The zero-order valence-electron chi connectivity index (χ0n) is 19.4. The average molecular weight is 474 g/mol. The number of aromatic nitrogens is 3. The van der Waals surface area contributed by atoms with E-state index in [1.165, 1.54) is 11.8 Å². The Morgan fingerprint density at radius 1 is 1.00 bits per heavy atom. The van der Waals surface area contributed by atoms with Crippen molar-refractivity contribution in [2.24, 2.45) is 0 Å². The maximum absolute atomic E-state index is 12.6. The zero-order valence-corrected chi connectivity index (χ0v) is 20.2. The van der Waals surface area contributed by atoms with Crippen LogP contribution in [0.15, 0.2) is 71.9 Å². The van der Waals surface area contributed by atoms with Crippen molar-refractivity contribution in [2.75, 3.05) is 11.1 Å². The van der Waals surface area contributed by atoms with Crippen LogP contribution in [0.4, 0.5) is 5.69 Å². The molecule has 1 aromatic heterocycles. The van der Waals surface area contributed by atoms with Crippen molar-refractivity contribution in [1.82, 2.24) is 20.1 Å². The summed E-state index contributed by atoms with van der Waals surface area (Å²) in [6.07, 6.45) is 0. The van der Waals surface area contributed by atoms with Crippen LogP contribution in [0.25, 0.3) is 10.8 Å². The van der Waals surface area contributed by atoms with Crippen LogP contribution in [-0.4, -0.2) is 32.3 Å². The lowest BCUT2D eigenvalue weighted by atomic mass is 10.1. The number of benzene rings is 3. The van der Waals surface area contributed by atoms with Gasteiger partial charge in [0.15, 0.2) is 11.0 Å². The van der Waals surface area contributed by atoms with Crippen LogP contribution in [0, 0.1) is 6.92 Å². The third kappa shape index (κ3) is 5.46. The van der Waals surface area contributed by atoms with Crippen LogP contribution in [0.2, 0.25) is 0 Å². The Labute approximate surface area is 203 Å². The fourth-order valence-electron chi connectivity index (χ4n) is 3.67. The van der Waals surface area contributed by atoms with Gasteiger partial charge in [0, 0.05) is 17.8 Å². The van der Waals surface area contributed by atoms with E-state index in [-0.39, 0.29) is 23.6 Å². The van der Waals surface area contributed by atoms with Gasteiger partial charge in [-0.25, -0.2) is 0 Å². The van der Waals surface area contributed by atoms with Crippen molar-refractivity contribution in [2.45, 2.75) is 38.5 Å². The molecule has 4 rings (SSSR count). The molecule has 0 saturated carbocycles. The summed E-state index contributed by atoms with van der Waals surface area (Å²) in [5.41, 5.74) is 2.45. The van der Waals surface area contributed by atoms with Crippen molar-refractivity contribution in [1.29, 1.82) is 0 Å². The third-order valence-corrected chi connectivity index (χ3v) is 6.44. The average Bonchev–Trinajstić information content (AvgIpc) is 3.26. The van der Waals surface area contributed by atoms with Gasteiger partial charge in [0.25, 0.3) is 5.91 Å². The number of nitrogens with one attached hydrogen (secondary N) is 2. The SMILES string of the molecule is CCn1c(SCC(=O)Nc2ccc3ccccc3c2)nnc1C(C)NC(=O)c1ccc(C)cc1. The first-order valence-corrected chi connectivity index (χ1v) is 12.1. The molecule has 0 bridgehead atoms. The Morgan fingerprint density at radius 3 is 2.47 bits per heavy atom. The number of carbonyl (C=O) groups excluding carboxylic acids is 2. The second kappa shape index (κ2) is 10.5. The number of thioether (sulfide) groups is 1. The van der Waals surface area contributed by atoms with Crippen molar-refractivity contribution in [3.8, 4) is 0 Å². The molecule has 0 saturated heterocycles. The number of hydrogen-bond donors (Lipinski definition) is 2. The number of rotatable bonds is 8. The predicted octanol–water partition coefficient (Wildman–Crippen LogP) is 4.98. The van der Waals surface area contributed by atoms with E-state index < -0.39 is 0 Å².